The van der Waals surface area contributed by atoms with Gasteiger partial charge in [-0.3, -0.25) is 24.3 Å². The lowest BCUT2D eigenvalue weighted by molar-refractivity contribution is -0.116. The van der Waals surface area contributed by atoms with Gasteiger partial charge in [0.15, 0.2) is 0 Å². The minimum Gasteiger partial charge on any atom is -0.457 e. The van der Waals surface area contributed by atoms with E-state index >= 15 is 0 Å². The number of imide groups is 1. The van der Waals surface area contributed by atoms with Crippen molar-refractivity contribution in [2.45, 2.75) is 13.0 Å². The van der Waals surface area contributed by atoms with Crippen molar-refractivity contribution in [2.24, 2.45) is 0 Å². The van der Waals surface area contributed by atoms with Crippen LogP contribution in [0.1, 0.15) is 43.1 Å². The van der Waals surface area contributed by atoms with Crippen molar-refractivity contribution in [3.8, 4) is 0 Å². The van der Waals surface area contributed by atoms with Crippen LogP contribution in [0.4, 0.5) is 5.69 Å². The van der Waals surface area contributed by atoms with Gasteiger partial charge >= 0.3 is 5.97 Å². The van der Waals surface area contributed by atoms with Crippen molar-refractivity contribution in [1.29, 1.82) is 0 Å². The van der Waals surface area contributed by atoms with E-state index in [-0.39, 0.29) is 37.0 Å². The Morgan fingerprint density at radius 1 is 1.12 bits per heavy atom. The number of carbonyl (C=O) groups is 4. The number of carbonyl (C=O) groups excluding carboxylic acids is 4. The summed E-state index contributed by atoms with van der Waals surface area (Å²) in [6, 6.07) is 6.36. The fraction of sp³-hybridized carbons (Fsp3) is 0.167. The van der Waals surface area contributed by atoms with E-state index < -0.39 is 11.8 Å². The van der Waals surface area contributed by atoms with E-state index in [0.717, 1.165) is 4.90 Å². The van der Waals surface area contributed by atoms with Crippen molar-refractivity contribution in [1.82, 2.24) is 9.88 Å². The number of ether oxygens (including phenoxy) is 1. The molecule has 8 nitrogen and oxygen atoms in total. The first kappa shape index (κ1) is 15.9. The zero-order valence-electron chi connectivity index (χ0n) is 13.5. The van der Waals surface area contributed by atoms with Gasteiger partial charge in [-0.1, -0.05) is 0 Å². The first-order valence-electron chi connectivity index (χ1n) is 7.94. The number of rotatable bonds is 4. The summed E-state index contributed by atoms with van der Waals surface area (Å²) in [5.74, 6) is -1.59. The van der Waals surface area contributed by atoms with Gasteiger partial charge < -0.3 is 10.1 Å². The van der Waals surface area contributed by atoms with Crippen LogP contribution in [0.15, 0.2) is 36.7 Å². The fourth-order valence-electron chi connectivity index (χ4n) is 2.99. The molecule has 4 rings (SSSR count). The highest BCUT2D eigenvalue weighted by molar-refractivity contribution is 6.21. The van der Waals surface area contributed by atoms with Crippen molar-refractivity contribution in [2.75, 3.05) is 11.9 Å². The number of anilines is 1. The van der Waals surface area contributed by atoms with Gasteiger partial charge in [0.25, 0.3) is 11.8 Å². The number of nitrogens with zero attached hydrogens (tertiary/aromatic N) is 2. The Kier molecular flexibility index (Phi) is 3.72. The molecular formula is C18H13N3O5. The summed E-state index contributed by atoms with van der Waals surface area (Å²) < 4.78 is 4.91. The summed E-state index contributed by atoms with van der Waals surface area (Å²) in [7, 11) is 0. The number of esters is 1. The molecule has 3 heterocycles. The number of benzene rings is 1. The molecule has 0 saturated carbocycles. The number of cyclic esters (lactones) is 1. The molecule has 3 amide bonds. The molecule has 0 radical (unpaired) electrons. The number of pyridine rings is 1. The molecule has 26 heavy (non-hydrogen) atoms. The molecule has 0 unspecified atom stereocenters. The summed E-state index contributed by atoms with van der Waals surface area (Å²) in [5.41, 5.74) is 2.27. The van der Waals surface area contributed by atoms with Crippen LogP contribution in [0.5, 0.6) is 0 Å². The molecule has 0 atom stereocenters. The molecule has 1 N–H and O–H groups in total. The molecule has 1 aromatic heterocycles. The lowest BCUT2D eigenvalue weighted by Crippen LogP contribution is -2.32. The van der Waals surface area contributed by atoms with E-state index in [9.17, 15) is 19.2 Å². The van der Waals surface area contributed by atoms with E-state index in [1.165, 1.54) is 18.5 Å². The van der Waals surface area contributed by atoms with Crippen LogP contribution in [0, 0.1) is 0 Å². The lowest BCUT2D eigenvalue weighted by Gasteiger charge is -2.13. The molecular weight excluding hydrogens is 338 g/mol. The average molecular weight is 351 g/mol. The molecule has 2 aromatic rings. The van der Waals surface area contributed by atoms with Gasteiger partial charge in [-0.2, -0.15) is 0 Å². The van der Waals surface area contributed by atoms with Gasteiger partial charge in [0, 0.05) is 36.6 Å². The second-order valence-electron chi connectivity index (χ2n) is 5.93. The van der Waals surface area contributed by atoms with Gasteiger partial charge in [-0.25, -0.2) is 4.79 Å². The summed E-state index contributed by atoms with van der Waals surface area (Å²) in [6.45, 7) is 0.158. The zero-order valence-corrected chi connectivity index (χ0v) is 13.5. The standard InChI is InChI=1S/C18H13N3O5/c22-15(20-11-1-2-12-10(7-11)9-26-18(12)25)4-6-21-16(23)13-3-5-19-8-14(13)17(21)24/h1-3,5,7-8H,4,6,9H2,(H,20,22). The first-order chi connectivity index (χ1) is 12.5. The predicted octanol–water partition coefficient (Wildman–Crippen LogP) is 1.38. The molecule has 2 aliphatic heterocycles. The smallest absolute Gasteiger partial charge is 0.338 e. The van der Waals surface area contributed by atoms with E-state index in [4.69, 9.17) is 4.74 Å². The summed E-state index contributed by atoms with van der Waals surface area (Å²) in [4.78, 5) is 52.9. The van der Waals surface area contributed by atoms with Gasteiger partial charge in [0.05, 0.1) is 16.7 Å². The van der Waals surface area contributed by atoms with E-state index in [2.05, 4.69) is 10.3 Å². The molecule has 2 aliphatic rings. The maximum atomic E-state index is 12.2. The Labute approximate surface area is 147 Å². The van der Waals surface area contributed by atoms with Crippen molar-refractivity contribution < 1.29 is 23.9 Å². The Morgan fingerprint density at radius 2 is 1.92 bits per heavy atom. The number of fused-ring (bicyclic) bond motifs is 2. The van der Waals surface area contributed by atoms with Crippen LogP contribution in [0.2, 0.25) is 0 Å². The summed E-state index contributed by atoms with van der Waals surface area (Å²) in [6.07, 6.45) is 2.76. The first-order valence-corrected chi connectivity index (χ1v) is 7.94. The van der Waals surface area contributed by atoms with Crippen molar-refractivity contribution in [3.63, 3.8) is 0 Å². The molecule has 0 saturated heterocycles. The Hall–Kier alpha value is -3.55. The quantitative estimate of drug-likeness (QED) is 0.659. The molecule has 0 aliphatic carbocycles. The summed E-state index contributed by atoms with van der Waals surface area (Å²) >= 11 is 0. The van der Waals surface area contributed by atoms with Crippen LogP contribution < -0.4 is 5.32 Å². The largest absolute Gasteiger partial charge is 0.457 e. The van der Waals surface area contributed by atoms with Crippen LogP contribution in [0.25, 0.3) is 0 Å². The van der Waals surface area contributed by atoms with E-state index in [1.54, 1.807) is 18.2 Å². The highest BCUT2D eigenvalue weighted by Gasteiger charge is 2.35. The fourth-order valence-corrected chi connectivity index (χ4v) is 2.99. The topological polar surface area (TPSA) is 106 Å². The number of hydrogen-bond acceptors (Lipinski definition) is 6. The zero-order chi connectivity index (χ0) is 18.3. The maximum Gasteiger partial charge on any atom is 0.338 e. The maximum absolute atomic E-state index is 12.2. The van der Waals surface area contributed by atoms with Crippen LogP contribution in [-0.2, 0) is 16.1 Å². The van der Waals surface area contributed by atoms with Crippen molar-refractivity contribution >= 4 is 29.4 Å². The molecule has 0 spiro atoms. The average Bonchev–Trinajstić information content (AvgIpc) is 3.12. The number of hydrogen-bond donors (Lipinski definition) is 1. The lowest BCUT2D eigenvalue weighted by atomic mass is 10.1. The molecule has 0 bridgehead atoms. The second-order valence-corrected chi connectivity index (χ2v) is 5.93. The normalized spacial score (nSPS) is 14.9. The van der Waals surface area contributed by atoms with Gasteiger partial charge in [-0.05, 0) is 24.3 Å². The number of nitrogens with one attached hydrogen (secondary N) is 1. The minimum atomic E-state index is -0.445. The summed E-state index contributed by atoms with van der Waals surface area (Å²) in [5, 5.41) is 2.69. The second kappa shape index (κ2) is 6.07. The highest BCUT2D eigenvalue weighted by Crippen LogP contribution is 2.24. The number of amides is 3. The van der Waals surface area contributed by atoms with Crippen LogP contribution in [0.3, 0.4) is 0 Å². The highest BCUT2D eigenvalue weighted by atomic mass is 16.5. The monoisotopic (exact) mass is 351 g/mol. The minimum absolute atomic E-state index is 0.0231. The number of aromatic nitrogens is 1. The van der Waals surface area contributed by atoms with Crippen molar-refractivity contribution in [3.05, 3.63) is 58.9 Å². The third-order valence-electron chi connectivity index (χ3n) is 4.30. The Balaban J connectivity index is 1.39. The van der Waals surface area contributed by atoms with E-state index in [1.807, 2.05) is 0 Å². The predicted molar refractivity (Wildman–Crippen MR) is 88.4 cm³/mol. The molecule has 8 heteroatoms. The van der Waals surface area contributed by atoms with Gasteiger partial charge in [0.2, 0.25) is 5.91 Å². The molecule has 130 valence electrons. The van der Waals surface area contributed by atoms with Crippen LogP contribution in [-0.4, -0.2) is 40.1 Å². The third kappa shape index (κ3) is 2.61. The van der Waals surface area contributed by atoms with Crippen LogP contribution >= 0.6 is 0 Å². The van der Waals surface area contributed by atoms with Gasteiger partial charge in [0.1, 0.15) is 6.61 Å². The molecule has 1 aromatic carbocycles. The Morgan fingerprint density at radius 3 is 2.73 bits per heavy atom. The SMILES string of the molecule is O=C(CCN1C(=O)c2ccncc2C1=O)Nc1ccc2c(c1)COC2=O. The molecule has 0 fully saturated rings. The van der Waals surface area contributed by atoms with Gasteiger partial charge in [-0.15, -0.1) is 0 Å². The Bertz CT molecular complexity index is 934. The third-order valence-corrected chi connectivity index (χ3v) is 4.30. The van der Waals surface area contributed by atoms with E-state index in [0.29, 0.717) is 22.4 Å².